The van der Waals surface area contributed by atoms with Crippen LogP contribution in [0.5, 0.6) is 0 Å². The molecule has 21 heavy (non-hydrogen) atoms. The van der Waals surface area contributed by atoms with E-state index in [1.165, 1.54) is 0 Å². The van der Waals surface area contributed by atoms with Gasteiger partial charge in [-0.05, 0) is 70.7 Å². The SMILES string of the molecule is Cc1cc(C)c(C(C)(C=O)NC(=O)OC(C)(C)C)cc1C. The standard InChI is InChI=1S/C17H25NO3/c1-11-8-13(3)14(9-12(11)2)17(7,10-19)18-15(20)21-16(4,5)6/h8-10H,1-7H3,(H,18,20). The quantitative estimate of drug-likeness (QED) is 0.866. The van der Waals surface area contributed by atoms with E-state index in [-0.39, 0.29) is 0 Å². The highest BCUT2D eigenvalue weighted by Gasteiger charge is 2.32. The van der Waals surface area contributed by atoms with Gasteiger partial charge in [0.05, 0.1) is 0 Å². The summed E-state index contributed by atoms with van der Waals surface area (Å²) in [6.45, 7) is 13.0. The highest BCUT2D eigenvalue weighted by molar-refractivity contribution is 5.78. The number of alkyl carbamates (subject to hydrolysis) is 1. The lowest BCUT2D eigenvalue weighted by molar-refractivity contribution is -0.113. The smallest absolute Gasteiger partial charge is 0.408 e. The molecule has 1 N–H and O–H groups in total. The van der Waals surface area contributed by atoms with Crippen LogP contribution < -0.4 is 5.32 Å². The lowest BCUT2D eigenvalue weighted by Crippen LogP contribution is -2.47. The summed E-state index contributed by atoms with van der Waals surface area (Å²) < 4.78 is 5.24. The average molecular weight is 291 g/mol. The first kappa shape index (κ1) is 17.2. The molecule has 1 rings (SSSR count). The average Bonchev–Trinajstić information content (AvgIpc) is 2.31. The molecule has 1 amide bonds. The van der Waals surface area contributed by atoms with E-state index >= 15 is 0 Å². The van der Waals surface area contributed by atoms with Crippen molar-refractivity contribution in [3.05, 3.63) is 34.4 Å². The Hall–Kier alpha value is -1.84. The Balaban J connectivity index is 3.13. The third kappa shape index (κ3) is 4.31. The fraction of sp³-hybridized carbons (Fsp3) is 0.529. The van der Waals surface area contributed by atoms with Gasteiger partial charge in [-0.25, -0.2) is 4.79 Å². The molecule has 0 bridgehead atoms. The van der Waals surface area contributed by atoms with E-state index in [0.717, 1.165) is 28.5 Å². The van der Waals surface area contributed by atoms with Gasteiger partial charge >= 0.3 is 6.09 Å². The Labute approximate surface area is 126 Å². The predicted octanol–water partition coefficient (Wildman–Crippen LogP) is 3.55. The minimum Gasteiger partial charge on any atom is -0.444 e. The zero-order chi connectivity index (χ0) is 16.4. The summed E-state index contributed by atoms with van der Waals surface area (Å²) in [4.78, 5) is 23.6. The number of aldehydes is 1. The molecule has 0 aliphatic carbocycles. The number of nitrogens with one attached hydrogen (secondary N) is 1. The van der Waals surface area contributed by atoms with E-state index in [1.54, 1.807) is 27.7 Å². The maximum absolute atomic E-state index is 12.0. The second kappa shape index (κ2) is 5.88. The Kier molecular flexibility index (Phi) is 4.82. The minimum absolute atomic E-state index is 0.602. The molecule has 116 valence electrons. The van der Waals surface area contributed by atoms with Crippen LogP contribution in [0.3, 0.4) is 0 Å². The Morgan fingerprint density at radius 3 is 2.05 bits per heavy atom. The first-order valence-corrected chi connectivity index (χ1v) is 7.04. The van der Waals surface area contributed by atoms with Crippen molar-refractivity contribution in [3.8, 4) is 0 Å². The van der Waals surface area contributed by atoms with E-state index < -0.39 is 17.2 Å². The van der Waals surface area contributed by atoms with Crippen LogP contribution in [-0.2, 0) is 15.1 Å². The number of hydrogen-bond donors (Lipinski definition) is 1. The number of benzene rings is 1. The van der Waals surface area contributed by atoms with Crippen molar-refractivity contribution < 1.29 is 14.3 Å². The molecular weight excluding hydrogens is 266 g/mol. The van der Waals surface area contributed by atoms with Gasteiger partial charge in [0.25, 0.3) is 0 Å². The second-order valence-corrected chi connectivity index (χ2v) is 6.70. The Bertz CT molecular complexity index is 558. The number of carbonyl (C=O) groups excluding carboxylic acids is 2. The normalized spacial score (nSPS) is 14.2. The molecule has 1 atom stereocenters. The number of rotatable bonds is 3. The molecule has 0 aliphatic rings. The first-order valence-electron chi connectivity index (χ1n) is 7.04. The van der Waals surface area contributed by atoms with Crippen molar-refractivity contribution in [1.29, 1.82) is 0 Å². The van der Waals surface area contributed by atoms with Crippen molar-refractivity contribution in [2.45, 2.75) is 59.6 Å². The topological polar surface area (TPSA) is 55.4 Å². The molecule has 0 saturated heterocycles. The molecular formula is C17H25NO3. The highest BCUT2D eigenvalue weighted by Crippen LogP contribution is 2.26. The summed E-state index contributed by atoms with van der Waals surface area (Å²) in [7, 11) is 0. The number of ether oxygens (including phenoxy) is 1. The van der Waals surface area contributed by atoms with E-state index in [0.29, 0.717) is 0 Å². The molecule has 0 saturated carbocycles. The van der Waals surface area contributed by atoms with Crippen LogP contribution in [0, 0.1) is 20.8 Å². The van der Waals surface area contributed by atoms with Gasteiger partial charge < -0.3 is 14.8 Å². The zero-order valence-electron chi connectivity index (χ0n) is 14.0. The fourth-order valence-electron chi connectivity index (χ4n) is 2.20. The van der Waals surface area contributed by atoms with Crippen LogP contribution in [0.15, 0.2) is 12.1 Å². The van der Waals surface area contributed by atoms with Gasteiger partial charge in [0, 0.05) is 0 Å². The lowest BCUT2D eigenvalue weighted by Gasteiger charge is -2.29. The van der Waals surface area contributed by atoms with Gasteiger partial charge in [0.1, 0.15) is 17.4 Å². The van der Waals surface area contributed by atoms with E-state index in [2.05, 4.69) is 5.32 Å². The summed E-state index contributed by atoms with van der Waals surface area (Å²) in [5, 5.41) is 2.67. The molecule has 4 nitrogen and oxygen atoms in total. The molecule has 1 aromatic rings. The number of amides is 1. The van der Waals surface area contributed by atoms with Crippen LogP contribution in [0.25, 0.3) is 0 Å². The Morgan fingerprint density at radius 2 is 1.57 bits per heavy atom. The van der Waals surface area contributed by atoms with Crippen molar-refractivity contribution in [2.75, 3.05) is 0 Å². The summed E-state index contributed by atoms with van der Waals surface area (Å²) in [5.74, 6) is 0. The predicted molar refractivity (Wildman–Crippen MR) is 83.4 cm³/mol. The number of aryl methyl sites for hydroxylation is 3. The largest absolute Gasteiger partial charge is 0.444 e. The van der Waals surface area contributed by atoms with E-state index in [4.69, 9.17) is 4.74 Å². The van der Waals surface area contributed by atoms with E-state index in [9.17, 15) is 9.59 Å². The molecule has 0 spiro atoms. The van der Waals surface area contributed by atoms with Crippen LogP contribution >= 0.6 is 0 Å². The Morgan fingerprint density at radius 1 is 1.05 bits per heavy atom. The van der Waals surface area contributed by atoms with Crippen LogP contribution in [0.1, 0.15) is 49.9 Å². The monoisotopic (exact) mass is 291 g/mol. The van der Waals surface area contributed by atoms with Gasteiger partial charge in [-0.15, -0.1) is 0 Å². The molecule has 0 aliphatic heterocycles. The lowest BCUT2D eigenvalue weighted by atomic mass is 9.87. The number of carbonyl (C=O) groups is 2. The van der Waals surface area contributed by atoms with Gasteiger partial charge in [0.15, 0.2) is 0 Å². The highest BCUT2D eigenvalue weighted by atomic mass is 16.6. The van der Waals surface area contributed by atoms with Gasteiger partial charge in [-0.3, -0.25) is 0 Å². The summed E-state index contributed by atoms with van der Waals surface area (Å²) in [6.07, 6.45) is 0.142. The van der Waals surface area contributed by atoms with Crippen LogP contribution in [-0.4, -0.2) is 18.0 Å². The van der Waals surface area contributed by atoms with Gasteiger partial charge in [-0.2, -0.15) is 0 Å². The van der Waals surface area contributed by atoms with Crippen LogP contribution in [0.4, 0.5) is 4.79 Å². The summed E-state index contributed by atoms with van der Waals surface area (Å²) in [6, 6.07) is 3.96. The van der Waals surface area contributed by atoms with Gasteiger partial charge in [0.2, 0.25) is 0 Å². The third-order valence-corrected chi connectivity index (χ3v) is 3.40. The maximum atomic E-state index is 12.0. The molecule has 0 aromatic heterocycles. The summed E-state index contributed by atoms with van der Waals surface area (Å²) >= 11 is 0. The molecule has 0 heterocycles. The molecule has 0 radical (unpaired) electrons. The number of hydrogen-bond acceptors (Lipinski definition) is 3. The molecule has 0 fully saturated rings. The molecule has 1 unspecified atom stereocenters. The third-order valence-electron chi connectivity index (χ3n) is 3.40. The molecule has 1 aromatic carbocycles. The van der Waals surface area contributed by atoms with E-state index in [1.807, 2.05) is 32.9 Å². The minimum atomic E-state index is -1.11. The van der Waals surface area contributed by atoms with Crippen molar-refractivity contribution in [3.63, 3.8) is 0 Å². The first-order chi connectivity index (χ1) is 9.48. The van der Waals surface area contributed by atoms with Crippen LogP contribution in [0.2, 0.25) is 0 Å². The summed E-state index contributed by atoms with van der Waals surface area (Å²) in [5.41, 5.74) is 2.27. The van der Waals surface area contributed by atoms with Gasteiger partial charge in [-0.1, -0.05) is 12.1 Å². The maximum Gasteiger partial charge on any atom is 0.408 e. The van der Waals surface area contributed by atoms with Crippen molar-refractivity contribution in [1.82, 2.24) is 5.32 Å². The fourth-order valence-corrected chi connectivity index (χ4v) is 2.20. The molecule has 4 heteroatoms. The second-order valence-electron chi connectivity index (χ2n) is 6.70. The zero-order valence-corrected chi connectivity index (χ0v) is 14.0. The van der Waals surface area contributed by atoms with Crippen molar-refractivity contribution in [2.24, 2.45) is 0 Å². The van der Waals surface area contributed by atoms with Crippen molar-refractivity contribution >= 4 is 12.4 Å².